The van der Waals surface area contributed by atoms with Gasteiger partial charge in [0.15, 0.2) is 0 Å². The van der Waals surface area contributed by atoms with Gasteiger partial charge in [-0.15, -0.1) is 0 Å². The van der Waals surface area contributed by atoms with Crippen molar-refractivity contribution in [3.8, 4) is 0 Å². The second-order valence-electron chi connectivity index (χ2n) is 5.11. The molecule has 2 nitrogen and oxygen atoms in total. The Labute approximate surface area is 88.1 Å². The molecule has 1 atom stereocenters. The lowest BCUT2D eigenvalue weighted by molar-refractivity contribution is 0.181. The highest BCUT2D eigenvalue weighted by Crippen LogP contribution is 2.36. The van der Waals surface area contributed by atoms with Crippen LogP contribution in [-0.4, -0.2) is 37.1 Å². The largest absolute Gasteiger partial charge is 0.320 e. The molecule has 0 bridgehead atoms. The van der Waals surface area contributed by atoms with Crippen molar-refractivity contribution in [2.45, 2.75) is 51.1 Å². The molecule has 0 radical (unpaired) electrons. The van der Waals surface area contributed by atoms with E-state index in [9.17, 15) is 0 Å². The standard InChI is InChI=1S/C12H24N2/c1-10(7-8-13-2)14(12-5-6-12)9-11-3-4-11/h10-13H,3-9H2,1-2H3. The molecule has 0 aliphatic heterocycles. The van der Waals surface area contributed by atoms with Gasteiger partial charge >= 0.3 is 0 Å². The minimum absolute atomic E-state index is 0.788. The topological polar surface area (TPSA) is 15.3 Å². The maximum Gasteiger partial charge on any atom is 0.00993 e. The first-order valence-corrected chi connectivity index (χ1v) is 6.21. The van der Waals surface area contributed by atoms with Crippen LogP contribution in [0, 0.1) is 5.92 Å². The van der Waals surface area contributed by atoms with E-state index in [1.54, 1.807) is 0 Å². The van der Waals surface area contributed by atoms with E-state index in [-0.39, 0.29) is 0 Å². The molecule has 0 heterocycles. The summed E-state index contributed by atoms with van der Waals surface area (Å²) >= 11 is 0. The van der Waals surface area contributed by atoms with Crippen molar-refractivity contribution in [1.82, 2.24) is 10.2 Å². The first kappa shape index (κ1) is 10.4. The van der Waals surface area contributed by atoms with E-state index in [0.29, 0.717) is 0 Å². The van der Waals surface area contributed by atoms with Crippen LogP contribution in [0.15, 0.2) is 0 Å². The maximum atomic E-state index is 3.26. The second-order valence-corrected chi connectivity index (χ2v) is 5.11. The van der Waals surface area contributed by atoms with Gasteiger partial charge in [0.1, 0.15) is 0 Å². The van der Waals surface area contributed by atoms with E-state index in [4.69, 9.17) is 0 Å². The zero-order valence-corrected chi connectivity index (χ0v) is 9.63. The highest BCUT2D eigenvalue weighted by atomic mass is 15.2. The zero-order valence-electron chi connectivity index (χ0n) is 9.63. The highest BCUT2D eigenvalue weighted by Gasteiger charge is 2.35. The van der Waals surface area contributed by atoms with E-state index in [2.05, 4.69) is 24.2 Å². The molecule has 0 aromatic heterocycles. The van der Waals surface area contributed by atoms with Crippen LogP contribution < -0.4 is 5.32 Å². The summed E-state index contributed by atoms with van der Waals surface area (Å²) in [7, 11) is 2.05. The van der Waals surface area contributed by atoms with Crippen molar-refractivity contribution in [1.29, 1.82) is 0 Å². The minimum Gasteiger partial charge on any atom is -0.320 e. The average molecular weight is 196 g/mol. The molecule has 0 amide bonds. The van der Waals surface area contributed by atoms with Gasteiger partial charge in [0.05, 0.1) is 0 Å². The Morgan fingerprint density at radius 1 is 1.29 bits per heavy atom. The molecule has 1 unspecified atom stereocenters. The number of rotatable bonds is 7. The van der Waals surface area contributed by atoms with Gasteiger partial charge in [-0.1, -0.05) is 0 Å². The van der Waals surface area contributed by atoms with Crippen molar-refractivity contribution in [2.75, 3.05) is 20.1 Å². The second kappa shape index (κ2) is 4.63. The van der Waals surface area contributed by atoms with Crippen LogP contribution in [-0.2, 0) is 0 Å². The maximum absolute atomic E-state index is 3.26. The third-order valence-corrected chi connectivity index (χ3v) is 3.56. The van der Waals surface area contributed by atoms with Crippen LogP contribution in [0.4, 0.5) is 0 Å². The Morgan fingerprint density at radius 3 is 2.50 bits per heavy atom. The number of nitrogens with zero attached hydrogens (tertiary/aromatic N) is 1. The molecule has 2 heteroatoms. The van der Waals surface area contributed by atoms with Gasteiger partial charge in [-0.05, 0) is 58.5 Å². The lowest BCUT2D eigenvalue weighted by Crippen LogP contribution is -2.38. The average Bonchev–Trinajstić information content (AvgIpc) is 3.02. The Kier molecular flexibility index (Phi) is 3.45. The summed E-state index contributed by atoms with van der Waals surface area (Å²) in [5.74, 6) is 1.05. The summed E-state index contributed by atoms with van der Waals surface area (Å²) in [6.07, 6.45) is 7.19. The molecular weight excluding hydrogens is 172 g/mol. The highest BCUT2D eigenvalue weighted by molar-refractivity contribution is 4.90. The molecule has 0 spiro atoms. The van der Waals surface area contributed by atoms with Crippen LogP contribution in [0.5, 0.6) is 0 Å². The molecule has 2 aliphatic rings. The summed E-state index contributed by atoms with van der Waals surface area (Å²) in [6, 6.07) is 1.73. The Morgan fingerprint density at radius 2 is 2.00 bits per heavy atom. The van der Waals surface area contributed by atoms with Crippen molar-refractivity contribution in [2.24, 2.45) is 5.92 Å². The van der Waals surface area contributed by atoms with E-state index < -0.39 is 0 Å². The van der Waals surface area contributed by atoms with Gasteiger partial charge in [-0.25, -0.2) is 0 Å². The Bertz CT molecular complexity index is 173. The molecule has 0 aromatic carbocycles. The van der Waals surface area contributed by atoms with Crippen molar-refractivity contribution >= 4 is 0 Å². The summed E-state index contributed by atoms with van der Waals surface area (Å²) in [6.45, 7) is 4.95. The summed E-state index contributed by atoms with van der Waals surface area (Å²) in [5.41, 5.74) is 0. The molecule has 0 saturated heterocycles. The van der Waals surface area contributed by atoms with E-state index in [1.165, 1.54) is 38.6 Å². The van der Waals surface area contributed by atoms with Crippen molar-refractivity contribution in [3.05, 3.63) is 0 Å². The quantitative estimate of drug-likeness (QED) is 0.668. The van der Waals surface area contributed by atoms with Gasteiger partial charge in [0.25, 0.3) is 0 Å². The van der Waals surface area contributed by atoms with Crippen LogP contribution >= 0.6 is 0 Å². The predicted molar refractivity (Wildman–Crippen MR) is 60.5 cm³/mol. The van der Waals surface area contributed by atoms with Crippen LogP contribution in [0.1, 0.15) is 39.0 Å². The van der Waals surface area contributed by atoms with Gasteiger partial charge in [0, 0.05) is 18.6 Å². The van der Waals surface area contributed by atoms with E-state index in [0.717, 1.165) is 24.5 Å². The molecule has 0 aromatic rings. The molecular formula is C12H24N2. The fourth-order valence-corrected chi connectivity index (χ4v) is 2.21. The fraction of sp³-hybridized carbons (Fsp3) is 1.00. The predicted octanol–water partition coefficient (Wildman–Crippen LogP) is 1.86. The van der Waals surface area contributed by atoms with Crippen molar-refractivity contribution in [3.63, 3.8) is 0 Å². The van der Waals surface area contributed by atoms with Gasteiger partial charge < -0.3 is 5.32 Å². The fourth-order valence-electron chi connectivity index (χ4n) is 2.21. The molecule has 14 heavy (non-hydrogen) atoms. The molecule has 2 fully saturated rings. The van der Waals surface area contributed by atoms with Crippen LogP contribution in [0.25, 0.3) is 0 Å². The van der Waals surface area contributed by atoms with Gasteiger partial charge in [0.2, 0.25) is 0 Å². The first-order valence-electron chi connectivity index (χ1n) is 6.21. The molecule has 2 aliphatic carbocycles. The van der Waals surface area contributed by atoms with E-state index >= 15 is 0 Å². The SMILES string of the molecule is CNCCC(C)N(CC1CC1)C1CC1. The van der Waals surface area contributed by atoms with E-state index in [1.807, 2.05) is 0 Å². The minimum atomic E-state index is 0.788. The molecule has 1 N–H and O–H groups in total. The smallest absolute Gasteiger partial charge is 0.00993 e. The third kappa shape index (κ3) is 2.96. The van der Waals surface area contributed by atoms with Crippen LogP contribution in [0.2, 0.25) is 0 Å². The third-order valence-electron chi connectivity index (χ3n) is 3.56. The lowest BCUT2D eigenvalue weighted by atomic mass is 10.2. The lowest BCUT2D eigenvalue weighted by Gasteiger charge is -2.29. The summed E-state index contributed by atoms with van der Waals surface area (Å²) in [5, 5.41) is 3.26. The summed E-state index contributed by atoms with van der Waals surface area (Å²) in [4.78, 5) is 2.77. The normalized spacial score (nSPS) is 24.2. The number of nitrogens with one attached hydrogen (secondary N) is 1. The molecule has 2 saturated carbocycles. The Balaban J connectivity index is 1.75. The Hall–Kier alpha value is -0.0800. The van der Waals surface area contributed by atoms with Crippen LogP contribution in [0.3, 0.4) is 0 Å². The number of hydrogen-bond acceptors (Lipinski definition) is 2. The summed E-state index contributed by atoms with van der Waals surface area (Å²) < 4.78 is 0. The molecule has 82 valence electrons. The first-order chi connectivity index (χ1) is 6.81. The monoisotopic (exact) mass is 196 g/mol. The number of hydrogen-bond donors (Lipinski definition) is 1. The molecule has 2 rings (SSSR count). The van der Waals surface area contributed by atoms with Crippen molar-refractivity contribution < 1.29 is 0 Å². The van der Waals surface area contributed by atoms with Gasteiger partial charge in [-0.3, -0.25) is 4.90 Å². The zero-order chi connectivity index (χ0) is 9.97. The van der Waals surface area contributed by atoms with Gasteiger partial charge in [-0.2, -0.15) is 0 Å².